The second-order valence-corrected chi connectivity index (χ2v) is 8.09. The highest BCUT2D eigenvalue weighted by atomic mass is 32.2. The standard InChI is InChI=1S/C13H23N3O3S/c14-20(18,19)15-2-1-12(17)16-13-10-4-8-3-9(6-10)7-11(13)5-8/h8-11,13,15H,1-7H2,(H,16,17)(H2,14,18,19). The summed E-state index contributed by atoms with van der Waals surface area (Å²) in [6.07, 6.45) is 6.58. The van der Waals surface area contributed by atoms with Gasteiger partial charge in [-0.15, -0.1) is 0 Å². The average molecular weight is 301 g/mol. The molecule has 20 heavy (non-hydrogen) atoms. The van der Waals surface area contributed by atoms with Crippen LogP contribution in [0.15, 0.2) is 0 Å². The van der Waals surface area contributed by atoms with E-state index in [4.69, 9.17) is 5.14 Å². The lowest BCUT2D eigenvalue weighted by Gasteiger charge is -2.54. The number of nitrogens with two attached hydrogens (primary N) is 1. The third-order valence-electron chi connectivity index (χ3n) is 5.21. The van der Waals surface area contributed by atoms with Crippen LogP contribution in [0.3, 0.4) is 0 Å². The second-order valence-electron chi connectivity index (χ2n) is 6.71. The van der Waals surface area contributed by atoms with E-state index in [1.54, 1.807) is 0 Å². The van der Waals surface area contributed by atoms with Gasteiger partial charge in [0.2, 0.25) is 5.91 Å². The van der Waals surface area contributed by atoms with Crippen LogP contribution in [0.1, 0.15) is 38.5 Å². The van der Waals surface area contributed by atoms with Crippen molar-refractivity contribution in [3.05, 3.63) is 0 Å². The minimum Gasteiger partial charge on any atom is -0.353 e. The third kappa shape index (κ3) is 3.15. The molecule has 4 aliphatic rings. The van der Waals surface area contributed by atoms with Gasteiger partial charge >= 0.3 is 0 Å². The molecule has 4 aliphatic carbocycles. The quantitative estimate of drug-likeness (QED) is 0.671. The van der Waals surface area contributed by atoms with Crippen molar-refractivity contribution in [2.75, 3.05) is 6.54 Å². The SMILES string of the molecule is NS(=O)(=O)NCCC(=O)NC1C2CC3CC(C2)CC1C3. The molecule has 4 saturated carbocycles. The summed E-state index contributed by atoms with van der Waals surface area (Å²) in [5.74, 6) is 2.98. The third-order valence-corrected chi connectivity index (χ3v) is 5.82. The van der Waals surface area contributed by atoms with Gasteiger partial charge in [0.15, 0.2) is 0 Å². The number of hydrogen-bond donors (Lipinski definition) is 3. The normalized spacial score (nSPS) is 39.0. The minimum atomic E-state index is -3.70. The Morgan fingerprint density at radius 1 is 1.05 bits per heavy atom. The Hall–Kier alpha value is -0.660. The van der Waals surface area contributed by atoms with Gasteiger partial charge in [0.05, 0.1) is 0 Å². The number of amides is 1. The highest BCUT2D eigenvalue weighted by Gasteiger charge is 2.48. The Morgan fingerprint density at radius 2 is 1.60 bits per heavy atom. The van der Waals surface area contributed by atoms with Gasteiger partial charge < -0.3 is 5.32 Å². The summed E-state index contributed by atoms with van der Waals surface area (Å²) in [5.41, 5.74) is 0. The number of nitrogens with one attached hydrogen (secondary N) is 2. The van der Waals surface area contributed by atoms with Gasteiger partial charge in [-0.1, -0.05) is 0 Å². The summed E-state index contributed by atoms with van der Waals surface area (Å²) in [4.78, 5) is 11.9. The lowest BCUT2D eigenvalue weighted by Crippen LogP contribution is -2.56. The molecule has 0 saturated heterocycles. The first kappa shape index (κ1) is 14.3. The Morgan fingerprint density at radius 3 is 2.10 bits per heavy atom. The maximum absolute atomic E-state index is 11.9. The Bertz CT molecular complexity index is 463. The summed E-state index contributed by atoms with van der Waals surface area (Å²) in [6.45, 7) is 0.0674. The monoisotopic (exact) mass is 301 g/mol. The second kappa shape index (κ2) is 5.27. The first-order chi connectivity index (χ1) is 9.40. The van der Waals surface area contributed by atoms with Crippen LogP contribution in [0.25, 0.3) is 0 Å². The largest absolute Gasteiger partial charge is 0.353 e. The van der Waals surface area contributed by atoms with Gasteiger partial charge in [0, 0.05) is 19.0 Å². The molecule has 1 amide bonds. The van der Waals surface area contributed by atoms with E-state index in [2.05, 4.69) is 10.0 Å². The molecular weight excluding hydrogens is 278 g/mol. The van der Waals surface area contributed by atoms with Crippen LogP contribution in [-0.2, 0) is 15.0 Å². The van der Waals surface area contributed by atoms with Gasteiger partial charge in [0.1, 0.15) is 0 Å². The molecule has 4 fully saturated rings. The van der Waals surface area contributed by atoms with E-state index in [9.17, 15) is 13.2 Å². The van der Waals surface area contributed by atoms with E-state index in [1.165, 1.54) is 32.1 Å². The van der Waals surface area contributed by atoms with E-state index in [1.807, 2.05) is 0 Å². The van der Waals surface area contributed by atoms with E-state index in [0.717, 1.165) is 11.8 Å². The molecular formula is C13H23N3O3S. The molecule has 0 atom stereocenters. The molecule has 6 nitrogen and oxygen atoms in total. The van der Waals surface area contributed by atoms with Gasteiger partial charge in [-0.05, 0) is 55.8 Å². The average Bonchev–Trinajstić information content (AvgIpc) is 2.31. The van der Waals surface area contributed by atoms with Gasteiger partial charge in [-0.3, -0.25) is 4.79 Å². The zero-order valence-electron chi connectivity index (χ0n) is 11.5. The van der Waals surface area contributed by atoms with Crippen LogP contribution in [0, 0.1) is 23.7 Å². The van der Waals surface area contributed by atoms with E-state index >= 15 is 0 Å². The van der Waals surface area contributed by atoms with Crippen LogP contribution in [-0.4, -0.2) is 26.9 Å². The lowest BCUT2D eigenvalue weighted by molar-refractivity contribution is -0.124. The van der Waals surface area contributed by atoms with Crippen molar-refractivity contribution in [3.63, 3.8) is 0 Å². The van der Waals surface area contributed by atoms with Crippen LogP contribution in [0.2, 0.25) is 0 Å². The van der Waals surface area contributed by atoms with Crippen molar-refractivity contribution in [2.24, 2.45) is 28.8 Å². The van der Waals surface area contributed by atoms with Crippen molar-refractivity contribution in [3.8, 4) is 0 Å². The molecule has 0 spiro atoms. The highest BCUT2D eigenvalue weighted by molar-refractivity contribution is 7.87. The zero-order valence-corrected chi connectivity index (χ0v) is 12.4. The molecule has 0 aromatic carbocycles. The lowest BCUT2D eigenvalue weighted by atomic mass is 9.54. The zero-order chi connectivity index (χ0) is 14.3. The van der Waals surface area contributed by atoms with E-state index in [0.29, 0.717) is 17.9 Å². The molecule has 0 unspecified atom stereocenters. The predicted molar refractivity (Wildman–Crippen MR) is 74.7 cm³/mol. The summed E-state index contributed by atoms with van der Waals surface area (Å²) in [6, 6.07) is 0.310. The fourth-order valence-electron chi connectivity index (χ4n) is 4.73. The molecule has 114 valence electrons. The number of carbonyl (C=O) groups excluding carboxylic acids is 1. The number of rotatable bonds is 5. The summed E-state index contributed by atoms with van der Waals surface area (Å²) in [5, 5.41) is 7.96. The topological polar surface area (TPSA) is 101 Å². The van der Waals surface area contributed by atoms with Crippen LogP contribution >= 0.6 is 0 Å². The molecule has 0 aromatic heterocycles. The maximum atomic E-state index is 11.9. The number of hydrogen-bond acceptors (Lipinski definition) is 3. The van der Waals surface area contributed by atoms with Crippen molar-refractivity contribution in [1.82, 2.24) is 10.0 Å². The predicted octanol–water partition coefficient (Wildman–Crippen LogP) is 0.111. The molecule has 0 radical (unpaired) electrons. The maximum Gasteiger partial charge on any atom is 0.274 e. The fourth-order valence-corrected chi connectivity index (χ4v) is 5.11. The van der Waals surface area contributed by atoms with Crippen LogP contribution < -0.4 is 15.2 Å². The first-order valence-corrected chi connectivity index (χ1v) is 9.02. The first-order valence-electron chi connectivity index (χ1n) is 7.47. The van der Waals surface area contributed by atoms with Crippen LogP contribution in [0.4, 0.5) is 0 Å². The molecule has 0 aromatic rings. The summed E-state index contributed by atoms with van der Waals surface area (Å²) < 4.78 is 23.6. The van der Waals surface area contributed by atoms with Gasteiger partial charge in [-0.2, -0.15) is 8.42 Å². The smallest absolute Gasteiger partial charge is 0.274 e. The van der Waals surface area contributed by atoms with Crippen molar-refractivity contribution in [1.29, 1.82) is 0 Å². The summed E-state index contributed by atoms with van der Waals surface area (Å²) in [7, 11) is -3.70. The highest BCUT2D eigenvalue weighted by Crippen LogP contribution is 2.53. The minimum absolute atomic E-state index is 0.0674. The van der Waals surface area contributed by atoms with E-state index < -0.39 is 10.2 Å². The Labute approximate surface area is 120 Å². The number of carbonyl (C=O) groups is 1. The molecule has 7 heteroatoms. The molecule has 4 N–H and O–H groups in total. The Balaban J connectivity index is 1.49. The molecule has 4 bridgehead atoms. The van der Waals surface area contributed by atoms with Crippen LogP contribution in [0.5, 0.6) is 0 Å². The summed E-state index contributed by atoms with van der Waals surface area (Å²) >= 11 is 0. The van der Waals surface area contributed by atoms with Gasteiger partial charge in [-0.25, -0.2) is 9.86 Å². The Kier molecular flexibility index (Phi) is 3.77. The fraction of sp³-hybridized carbons (Fsp3) is 0.923. The molecule has 0 heterocycles. The van der Waals surface area contributed by atoms with Crippen molar-refractivity contribution >= 4 is 16.1 Å². The van der Waals surface area contributed by atoms with E-state index in [-0.39, 0.29) is 18.9 Å². The molecule has 4 rings (SSSR count). The molecule has 0 aliphatic heterocycles. The van der Waals surface area contributed by atoms with Crippen molar-refractivity contribution < 1.29 is 13.2 Å². The van der Waals surface area contributed by atoms with Gasteiger partial charge in [0.25, 0.3) is 10.2 Å². The van der Waals surface area contributed by atoms with Crippen molar-refractivity contribution in [2.45, 2.75) is 44.6 Å².